The fraction of sp³-hybridized carbons (Fsp3) is 0.229. The van der Waals surface area contributed by atoms with Gasteiger partial charge in [0.1, 0.15) is 11.6 Å². The van der Waals surface area contributed by atoms with Gasteiger partial charge in [0.25, 0.3) is 5.56 Å². The lowest BCUT2D eigenvalue weighted by molar-refractivity contribution is -0.137. The van der Waals surface area contributed by atoms with Gasteiger partial charge in [-0.2, -0.15) is 13.2 Å². The van der Waals surface area contributed by atoms with E-state index in [1.165, 1.54) is 24.3 Å². The Morgan fingerprint density at radius 1 is 1.00 bits per heavy atom. The molecule has 1 aliphatic rings. The van der Waals surface area contributed by atoms with Gasteiger partial charge in [0.05, 0.1) is 10.5 Å². The molecular formula is C35H31ClF3N5O3S. The van der Waals surface area contributed by atoms with Crippen LogP contribution in [0, 0.1) is 0 Å². The second-order valence-corrected chi connectivity index (χ2v) is 12.9. The zero-order chi connectivity index (χ0) is 33.8. The number of alkyl halides is 3. The van der Waals surface area contributed by atoms with E-state index >= 15 is 0 Å². The summed E-state index contributed by atoms with van der Waals surface area (Å²) in [7, 11) is 0. The molecule has 0 bridgehead atoms. The highest BCUT2D eigenvalue weighted by molar-refractivity contribution is 7.99. The van der Waals surface area contributed by atoms with Gasteiger partial charge in [-0.3, -0.25) is 14.5 Å². The molecule has 8 nitrogen and oxygen atoms in total. The number of hydrogen-bond acceptors (Lipinski definition) is 7. The molecule has 0 unspecified atom stereocenters. The maximum absolute atomic E-state index is 13.7. The molecule has 3 aromatic carbocycles. The number of aromatic hydroxyl groups is 1. The minimum Gasteiger partial charge on any atom is -0.507 e. The van der Waals surface area contributed by atoms with Crippen molar-refractivity contribution < 1.29 is 23.1 Å². The fourth-order valence-electron chi connectivity index (χ4n) is 5.68. The second kappa shape index (κ2) is 14.3. The number of phenols is 1. The SMILES string of the molecule is O=C(CCCN1CCN(c2ccccn2)CC1)Nc1ccc(Sc2c(-c3cc(Cl)ccc3O)c3cc(C(F)(F)F)ccc3[nH]c2=O)cc1. The van der Waals surface area contributed by atoms with Crippen LogP contribution in [0.3, 0.4) is 0 Å². The molecule has 0 spiro atoms. The van der Waals surface area contributed by atoms with Gasteiger partial charge in [-0.1, -0.05) is 29.4 Å². The molecule has 1 aliphatic heterocycles. The summed E-state index contributed by atoms with van der Waals surface area (Å²) in [5, 5.41) is 14.0. The van der Waals surface area contributed by atoms with Gasteiger partial charge in [-0.25, -0.2) is 4.98 Å². The molecule has 3 heterocycles. The summed E-state index contributed by atoms with van der Waals surface area (Å²) in [5.41, 5.74) is -0.444. The van der Waals surface area contributed by atoms with Crippen LogP contribution in [0.1, 0.15) is 18.4 Å². The Balaban J connectivity index is 1.13. The number of aromatic nitrogens is 2. The van der Waals surface area contributed by atoms with Gasteiger partial charge in [0, 0.05) is 76.4 Å². The van der Waals surface area contributed by atoms with Gasteiger partial charge in [-0.05, 0) is 85.8 Å². The second-order valence-electron chi connectivity index (χ2n) is 11.4. The molecule has 0 radical (unpaired) electrons. The Hall–Kier alpha value is -4.52. The molecule has 0 atom stereocenters. The van der Waals surface area contributed by atoms with Crippen molar-refractivity contribution in [2.75, 3.05) is 42.9 Å². The molecule has 0 aliphatic carbocycles. The summed E-state index contributed by atoms with van der Waals surface area (Å²) in [4.78, 5) is 38.4. The molecule has 13 heteroatoms. The van der Waals surface area contributed by atoms with E-state index in [4.69, 9.17) is 11.6 Å². The van der Waals surface area contributed by atoms with Crippen LogP contribution in [-0.2, 0) is 11.0 Å². The third-order valence-corrected chi connectivity index (χ3v) is 9.44. The molecule has 5 aromatic rings. The molecule has 1 amide bonds. The van der Waals surface area contributed by atoms with Gasteiger partial charge < -0.3 is 20.3 Å². The number of nitrogens with one attached hydrogen (secondary N) is 2. The van der Waals surface area contributed by atoms with E-state index < -0.39 is 17.3 Å². The maximum atomic E-state index is 13.7. The monoisotopic (exact) mass is 693 g/mol. The Labute approximate surface area is 283 Å². The first-order valence-corrected chi connectivity index (χ1v) is 16.5. The Bertz CT molecular complexity index is 1980. The van der Waals surface area contributed by atoms with Crippen molar-refractivity contribution in [2.45, 2.75) is 28.8 Å². The summed E-state index contributed by atoms with van der Waals surface area (Å²) >= 11 is 7.24. The van der Waals surface area contributed by atoms with Crippen molar-refractivity contribution in [1.82, 2.24) is 14.9 Å². The predicted molar refractivity (Wildman–Crippen MR) is 183 cm³/mol. The van der Waals surface area contributed by atoms with E-state index in [0.29, 0.717) is 23.4 Å². The van der Waals surface area contributed by atoms with Crippen molar-refractivity contribution in [3.63, 3.8) is 0 Å². The largest absolute Gasteiger partial charge is 0.507 e. The Morgan fingerprint density at radius 3 is 2.48 bits per heavy atom. The molecule has 0 saturated carbocycles. The number of phenolic OH excluding ortho intramolecular Hbond substituents is 1. The quantitative estimate of drug-likeness (QED) is 0.146. The lowest BCUT2D eigenvalue weighted by Gasteiger charge is -2.35. The minimum atomic E-state index is -4.62. The van der Waals surface area contributed by atoms with Crippen molar-refractivity contribution in [3.8, 4) is 16.9 Å². The van der Waals surface area contributed by atoms with Gasteiger partial charge in [-0.15, -0.1) is 0 Å². The molecule has 248 valence electrons. The van der Waals surface area contributed by atoms with Crippen molar-refractivity contribution >= 4 is 51.7 Å². The summed E-state index contributed by atoms with van der Waals surface area (Å²) < 4.78 is 41.1. The van der Waals surface area contributed by atoms with Crippen LogP contribution in [0.2, 0.25) is 5.02 Å². The molecular weight excluding hydrogens is 663 g/mol. The fourth-order valence-corrected chi connectivity index (χ4v) is 6.82. The molecule has 1 fully saturated rings. The number of amides is 1. The van der Waals surface area contributed by atoms with E-state index in [0.717, 1.165) is 62.4 Å². The number of hydrogen-bond donors (Lipinski definition) is 3. The summed E-state index contributed by atoms with van der Waals surface area (Å²) in [6.45, 7) is 4.39. The van der Waals surface area contributed by atoms with Crippen LogP contribution >= 0.6 is 23.4 Å². The van der Waals surface area contributed by atoms with Crippen LogP contribution in [-0.4, -0.2) is 58.6 Å². The topological polar surface area (TPSA) is 102 Å². The number of fused-ring (bicyclic) bond motifs is 1. The Kier molecular flexibility index (Phi) is 9.95. The number of H-pyrrole nitrogens is 1. The number of carbonyl (C=O) groups is 1. The molecule has 1 saturated heterocycles. The van der Waals surface area contributed by atoms with E-state index in [9.17, 15) is 27.9 Å². The van der Waals surface area contributed by atoms with Crippen LogP contribution in [0.4, 0.5) is 24.7 Å². The van der Waals surface area contributed by atoms with Crippen LogP contribution in [0.15, 0.2) is 99.6 Å². The number of aromatic amines is 1. The van der Waals surface area contributed by atoms with E-state index in [1.54, 1.807) is 30.5 Å². The molecule has 48 heavy (non-hydrogen) atoms. The van der Waals surface area contributed by atoms with Crippen LogP contribution in [0.5, 0.6) is 5.75 Å². The van der Waals surface area contributed by atoms with E-state index in [-0.39, 0.29) is 43.6 Å². The average molecular weight is 694 g/mol. The zero-order valence-electron chi connectivity index (χ0n) is 25.6. The van der Waals surface area contributed by atoms with Gasteiger partial charge >= 0.3 is 6.18 Å². The normalized spacial score (nSPS) is 14.0. The Morgan fingerprint density at radius 2 is 1.77 bits per heavy atom. The number of pyridine rings is 2. The summed E-state index contributed by atoms with van der Waals surface area (Å²) in [5.74, 6) is 0.619. The summed E-state index contributed by atoms with van der Waals surface area (Å²) in [6.07, 6.45) is -1.76. The first-order chi connectivity index (χ1) is 23.0. The number of carbonyl (C=O) groups excluding carboxylic acids is 1. The van der Waals surface area contributed by atoms with Gasteiger partial charge in [0.2, 0.25) is 5.91 Å². The van der Waals surface area contributed by atoms with Gasteiger partial charge in [0.15, 0.2) is 0 Å². The van der Waals surface area contributed by atoms with E-state index in [2.05, 4.69) is 25.1 Å². The first kappa shape index (κ1) is 33.4. The average Bonchev–Trinajstić information content (AvgIpc) is 3.07. The van der Waals surface area contributed by atoms with Crippen LogP contribution < -0.4 is 15.8 Å². The number of nitrogens with zero attached hydrogens (tertiary/aromatic N) is 3. The predicted octanol–water partition coefficient (Wildman–Crippen LogP) is 7.66. The molecule has 2 aromatic heterocycles. The first-order valence-electron chi connectivity index (χ1n) is 15.3. The number of rotatable bonds is 9. The smallest absolute Gasteiger partial charge is 0.416 e. The van der Waals surface area contributed by atoms with Crippen LogP contribution in [0.25, 0.3) is 22.0 Å². The number of anilines is 2. The third-order valence-electron chi connectivity index (χ3n) is 8.11. The highest BCUT2D eigenvalue weighted by Gasteiger charge is 2.31. The van der Waals surface area contributed by atoms with Crippen molar-refractivity contribution in [1.29, 1.82) is 0 Å². The maximum Gasteiger partial charge on any atom is 0.416 e. The minimum absolute atomic E-state index is 0.0806. The summed E-state index contributed by atoms with van der Waals surface area (Å²) in [6, 6.07) is 19.9. The molecule has 3 N–H and O–H groups in total. The van der Waals surface area contributed by atoms with E-state index in [1.807, 2.05) is 18.2 Å². The number of halogens is 4. The lowest BCUT2D eigenvalue weighted by atomic mass is 9.98. The third kappa shape index (κ3) is 7.78. The highest BCUT2D eigenvalue weighted by atomic mass is 35.5. The molecule has 6 rings (SSSR count). The standard InChI is InChI=1S/C35H31ClF3N5O3S/c36-23-7-13-29(45)27(21-23)32-26-20-22(35(37,38)39)6-12-28(26)42-34(47)33(32)48-25-10-8-24(9-11-25)41-31(46)5-3-15-43-16-18-44(19-17-43)30-4-1-2-14-40-30/h1-2,4,6-14,20-21,45H,3,5,15-19H2,(H,41,46)(H,42,47). The zero-order valence-corrected chi connectivity index (χ0v) is 27.1. The highest BCUT2D eigenvalue weighted by Crippen LogP contribution is 2.43. The lowest BCUT2D eigenvalue weighted by Crippen LogP contribution is -2.47. The number of benzene rings is 3. The van der Waals surface area contributed by atoms with Crippen molar-refractivity contribution in [3.05, 3.63) is 106 Å². The number of piperazine rings is 1. The van der Waals surface area contributed by atoms with Crippen molar-refractivity contribution in [2.24, 2.45) is 0 Å².